The summed E-state index contributed by atoms with van der Waals surface area (Å²) in [7, 11) is 0. The molecule has 16 heavy (non-hydrogen) atoms. The van der Waals surface area contributed by atoms with E-state index in [9.17, 15) is 4.79 Å². The molecule has 82 valence electrons. The summed E-state index contributed by atoms with van der Waals surface area (Å²) >= 11 is 3.41. The van der Waals surface area contributed by atoms with Crippen molar-refractivity contribution < 1.29 is 4.79 Å². The van der Waals surface area contributed by atoms with Crippen LogP contribution in [0.1, 0.15) is 16.2 Å². The van der Waals surface area contributed by atoms with Crippen LogP contribution < -0.4 is 5.32 Å². The molecule has 1 amide bonds. The molecule has 0 saturated heterocycles. The number of nitrogens with zero attached hydrogens (tertiary/aromatic N) is 3. The lowest BCUT2D eigenvalue weighted by Gasteiger charge is -1.99. The summed E-state index contributed by atoms with van der Waals surface area (Å²) in [6.07, 6.45) is 2.99. The summed E-state index contributed by atoms with van der Waals surface area (Å²) in [5.41, 5.74) is 1.17. The van der Waals surface area contributed by atoms with Crippen LogP contribution in [-0.2, 0) is 0 Å². The van der Waals surface area contributed by atoms with Crippen LogP contribution >= 0.6 is 33.9 Å². The van der Waals surface area contributed by atoms with E-state index in [0.717, 1.165) is 9.39 Å². The lowest BCUT2D eigenvalue weighted by atomic mass is 10.4. The second-order valence-electron chi connectivity index (χ2n) is 2.97. The number of aryl methyl sites for hydroxylation is 1. The monoisotopic (exact) mass is 346 g/mol. The highest BCUT2D eigenvalue weighted by Crippen LogP contribution is 2.15. The van der Waals surface area contributed by atoms with Gasteiger partial charge in [-0.2, -0.15) is 0 Å². The number of carbonyl (C=O) groups excluding carboxylic acids is 1. The lowest BCUT2D eigenvalue weighted by Crippen LogP contribution is -2.14. The van der Waals surface area contributed by atoms with Crippen molar-refractivity contribution in [2.75, 3.05) is 5.32 Å². The van der Waals surface area contributed by atoms with Crippen molar-refractivity contribution in [2.45, 2.75) is 6.92 Å². The number of rotatable bonds is 2. The first-order valence-corrected chi connectivity index (χ1v) is 6.32. The van der Waals surface area contributed by atoms with Crippen molar-refractivity contribution in [1.82, 2.24) is 15.0 Å². The van der Waals surface area contributed by atoms with Crippen LogP contribution in [0.2, 0.25) is 0 Å². The summed E-state index contributed by atoms with van der Waals surface area (Å²) in [6, 6.07) is 0. The molecule has 0 radical (unpaired) electrons. The van der Waals surface area contributed by atoms with Crippen LogP contribution in [0, 0.1) is 10.6 Å². The third-order valence-corrected chi connectivity index (χ3v) is 3.13. The van der Waals surface area contributed by atoms with Crippen molar-refractivity contribution in [2.24, 2.45) is 0 Å². The number of amides is 1. The Morgan fingerprint density at radius 1 is 1.44 bits per heavy atom. The van der Waals surface area contributed by atoms with Gasteiger partial charge in [0.05, 0.1) is 18.1 Å². The van der Waals surface area contributed by atoms with E-state index >= 15 is 0 Å². The van der Waals surface area contributed by atoms with Crippen LogP contribution in [0.5, 0.6) is 0 Å². The molecule has 0 unspecified atom stereocenters. The van der Waals surface area contributed by atoms with Gasteiger partial charge in [-0.05, 0) is 29.5 Å². The number of halogens is 1. The molecule has 0 aliphatic carbocycles. The predicted octanol–water partition coefficient (Wildman–Crippen LogP) is 2.10. The number of hydrogen-bond acceptors (Lipinski definition) is 5. The summed E-state index contributed by atoms with van der Waals surface area (Å²) in [6.45, 7) is 1.87. The zero-order chi connectivity index (χ0) is 11.5. The Kier molecular flexibility index (Phi) is 3.44. The molecule has 2 aromatic heterocycles. The third kappa shape index (κ3) is 2.73. The van der Waals surface area contributed by atoms with Crippen molar-refractivity contribution in [3.63, 3.8) is 0 Å². The molecular weight excluding hydrogens is 339 g/mol. The highest BCUT2D eigenvalue weighted by Gasteiger charge is 2.09. The molecular formula is C9H7IN4OS. The van der Waals surface area contributed by atoms with Gasteiger partial charge in [0.1, 0.15) is 9.39 Å². The average Bonchev–Trinajstić information content (AvgIpc) is 2.65. The molecule has 2 rings (SSSR count). The van der Waals surface area contributed by atoms with Crippen LogP contribution in [0.25, 0.3) is 0 Å². The van der Waals surface area contributed by atoms with Crippen LogP contribution in [0.15, 0.2) is 17.8 Å². The van der Waals surface area contributed by atoms with E-state index in [1.807, 2.05) is 34.9 Å². The molecule has 0 aliphatic heterocycles. The number of hydrogen-bond donors (Lipinski definition) is 1. The lowest BCUT2D eigenvalue weighted by molar-refractivity contribution is 0.102. The molecule has 0 aromatic carbocycles. The zero-order valence-electron chi connectivity index (χ0n) is 8.27. The molecule has 0 saturated carbocycles. The third-order valence-electron chi connectivity index (χ3n) is 1.69. The van der Waals surface area contributed by atoms with Crippen molar-refractivity contribution >= 4 is 45.0 Å². The Labute approximate surface area is 109 Å². The average molecular weight is 346 g/mol. The molecule has 2 aromatic rings. The van der Waals surface area contributed by atoms with Gasteiger partial charge >= 0.3 is 0 Å². The quantitative estimate of drug-likeness (QED) is 0.846. The molecule has 2 heterocycles. The molecule has 7 heteroatoms. The first kappa shape index (κ1) is 11.4. The minimum Gasteiger partial charge on any atom is -0.296 e. The molecule has 0 atom stereocenters. The summed E-state index contributed by atoms with van der Waals surface area (Å²) in [4.78, 5) is 23.8. The van der Waals surface area contributed by atoms with E-state index in [-0.39, 0.29) is 11.6 Å². The predicted molar refractivity (Wildman–Crippen MR) is 69.6 cm³/mol. The molecule has 0 fully saturated rings. The van der Waals surface area contributed by atoms with E-state index in [0.29, 0.717) is 5.13 Å². The Hall–Kier alpha value is -1.09. The second kappa shape index (κ2) is 4.83. The van der Waals surface area contributed by atoms with E-state index in [1.54, 1.807) is 6.20 Å². The Morgan fingerprint density at radius 2 is 2.25 bits per heavy atom. The maximum Gasteiger partial charge on any atom is 0.277 e. The molecule has 5 nitrogen and oxygen atoms in total. The highest BCUT2D eigenvalue weighted by atomic mass is 127. The summed E-state index contributed by atoms with van der Waals surface area (Å²) in [5.74, 6) is -0.293. The topological polar surface area (TPSA) is 67.8 Å². The van der Waals surface area contributed by atoms with Gasteiger partial charge in [0, 0.05) is 5.38 Å². The van der Waals surface area contributed by atoms with Crippen molar-refractivity contribution in [3.05, 3.63) is 32.9 Å². The number of nitrogens with one attached hydrogen (secondary N) is 1. The van der Waals surface area contributed by atoms with E-state index < -0.39 is 0 Å². The highest BCUT2D eigenvalue weighted by molar-refractivity contribution is 14.1. The van der Waals surface area contributed by atoms with Crippen LogP contribution in [-0.4, -0.2) is 20.9 Å². The van der Waals surface area contributed by atoms with Gasteiger partial charge in [0.15, 0.2) is 5.13 Å². The van der Waals surface area contributed by atoms with Crippen molar-refractivity contribution in [3.8, 4) is 0 Å². The second-order valence-corrected chi connectivity index (χ2v) is 4.94. The number of carbonyl (C=O) groups is 1. The number of aromatic nitrogens is 3. The Bertz CT molecular complexity index is 510. The van der Waals surface area contributed by atoms with Gasteiger partial charge in [-0.3, -0.25) is 10.1 Å². The first-order chi connectivity index (χ1) is 7.65. The largest absolute Gasteiger partial charge is 0.296 e. The van der Waals surface area contributed by atoms with E-state index in [2.05, 4.69) is 20.3 Å². The summed E-state index contributed by atoms with van der Waals surface area (Å²) in [5, 5.41) is 5.10. The standard InChI is InChI=1S/C9H7IN4OS/c1-5-4-16-9(13-5)14-8(15)6-2-12-7(10)3-11-6/h2-4H,1H3,(H,13,14,15). The fourth-order valence-corrected chi connectivity index (χ4v) is 1.96. The van der Waals surface area contributed by atoms with E-state index in [4.69, 9.17) is 0 Å². The Morgan fingerprint density at radius 3 is 2.81 bits per heavy atom. The minimum absolute atomic E-state index is 0.285. The smallest absolute Gasteiger partial charge is 0.277 e. The zero-order valence-corrected chi connectivity index (χ0v) is 11.2. The minimum atomic E-state index is -0.293. The number of anilines is 1. The molecule has 0 aliphatic rings. The Balaban J connectivity index is 2.11. The van der Waals surface area contributed by atoms with Crippen LogP contribution in [0.3, 0.4) is 0 Å². The number of thiazole rings is 1. The fourth-order valence-electron chi connectivity index (χ4n) is 1.00. The van der Waals surface area contributed by atoms with Gasteiger partial charge in [0.25, 0.3) is 5.91 Å². The van der Waals surface area contributed by atoms with Crippen molar-refractivity contribution in [1.29, 1.82) is 0 Å². The maximum absolute atomic E-state index is 11.7. The fraction of sp³-hybridized carbons (Fsp3) is 0.111. The van der Waals surface area contributed by atoms with Gasteiger partial charge < -0.3 is 0 Å². The van der Waals surface area contributed by atoms with Gasteiger partial charge in [-0.1, -0.05) is 0 Å². The summed E-state index contributed by atoms with van der Waals surface area (Å²) < 4.78 is 0.749. The first-order valence-electron chi connectivity index (χ1n) is 4.36. The normalized spacial score (nSPS) is 10.1. The van der Waals surface area contributed by atoms with Gasteiger partial charge in [-0.15, -0.1) is 11.3 Å². The van der Waals surface area contributed by atoms with Gasteiger partial charge in [-0.25, -0.2) is 15.0 Å². The van der Waals surface area contributed by atoms with Gasteiger partial charge in [0.2, 0.25) is 0 Å². The maximum atomic E-state index is 11.7. The SMILES string of the molecule is Cc1csc(NC(=O)c2cnc(I)cn2)n1. The van der Waals surface area contributed by atoms with Crippen LogP contribution in [0.4, 0.5) is 5.13 Å². The molecule has 0 bridgehead atoms. The molecule has 1 N–H and O–H groups in total. The molecule has 0 spiro atoms. The van der Waals surface area contributed by atoms with E-state index in [1.165, 1.54) is 17.5 Å².